The molecule has 0 aliphatic heterocycles. The first kappa shape index (κ1) is 28.8. The van der Waals surface area contributed by atoms with Crippen molar-refractivity contribution in [3.05, 3.63) is 70.8 Å². The zero-order valence-corrected chi connectivity index (χ0v) is 21.3. The molecule has 0 spiro atoms. The maximum Gasteiger partial charge on any atom is 0.340 e. The molecule has 2 aromatic carbocycles. The first-order chi connectivity index (χ1) is 18.1. The molecule has 0 amide bonds. The average Bonchev–Trinajstić information content (AvgIpc) is 2.91. The van der Waals surface area contributed by atoms with Gasteiger partial charge in [-0.15, -0.1) is 0 Å². The van der Waals surface area contributed by atoms with Crippen LogP contribution in [0.2, 0.25) is 0 Å². The van der Waals surface area contributed by atoms with E-state index in [1.165, 1.54) is 48.5 Å². The molecule has 204 valence electrons. The van der Waals surface area contributed by atoms with Crippen molar-refractivity contribution >= 4 is 23.9 Å². The largest absolute Gasteiger partial charge is 0.478 e. The number of carboxylic acids is 2. The van der Waals surface area contributed by atoms with Crippen molar-refractivity contribution in [3.8, 4) is 0 Å². The Morgan fingerprint density at radius 2 is 0.921 bits per heavy atom. The summed E-state index contributed by atoms with van der Waals surface area (Å²) >= 11 is 0. The van der Waals surface area contributed by atoms with Gasteiger partial charge in [-0.05, 0) is 99.9 Å². The summed E-state index contributed by atoms with van der Waals surface area (Å²) in [6.45, 7) is 4.20. The molecule has 3 rings (SSSR count). The lowest BCUT2D eigenvalue weighted by Crippen LogP contribution is -2.27. The quantitative estimate of drug-likeness (QED) is 0.295. The molecule has 2 atom stereocenters. The van der Waals surface area contributed by atoms with Gasteiger partial charge < -0.3 is 29.2 Å². The number of rotatable bonds is 12. The molecule has 0 bridgehead atoms. The number of carbonyl (C=O) groups excluding carboxylic acids is 2. The van der Waals surface area contributed by atoms with E-state index in [1.54, 1.807) is 13.8 Å². The fraction of sp³-hybridized carbons (Fsp3) is 0.429. The first-order valence-electron chi connectivity index (χ1n) is 12.4. The smallest absolute Gasteiger partial charge is 0.340 e. The van der Waals surface area contributed by atoms with Crippen LogP contribution in [0, 0.1) is 11.8 Å². The Balaban J connectivity index is 1.31. The molecule has 2 aromatic rings. The molecule has 0 heterocycles. The Kier molecular flexibility index (Phi) is 10.4. The summed E-state index contributed by atoms with van der Waals surface area (Å²) in [6, 6.07) is 11.0. The Labute approximate surface area is 220 Å². The van der Waals surface area contributed by atoms with E-state index >= 15 is 0 Å². The van der Waals surface area contributed by atoms with Crippen LogP contribution in [0.5, 0.6) is 0 Å². The van der Waals surface area contributed by atoms with Crippen LogP contribution in [-0.4, -0.2) is 59.9 Å². The summed E-state index contributed by atoms with van der Waals surface area (Å²) < 4.78 is 22.0. The van der Waals surface area contributed by atoms with Gasteiger partial charge in [-0.2, -0.15) is 0 Å². The highest BCUT2D eigenvalue weighted by atomic mass is 16.7. The first-order valence-corrected chi connectivity index (χ1v) is 12.4. The van der Waals surface area contributed by atoms with Crippen LogP contribution < -0.4 is 0 Å². The summed E-state index contributed by atoms with van der Waals surface area (Å²) in [6.07, 6.45) is 2.23. The summed E-state index contributed by atoms with van der Waals surface area (Å²) in [5.74, 6) is -2.65. The molecule has 1 aliphatic rings. The van der Waals surface area contributed by atoms with Gasteiger partial charge in [0.05, 0.1) is 35.5 Å². The van der Waals surface area contributed by atoms with Crippen LogP contribution in [-0.2, 0) is 18.9 Å². The third-order valence-corrected chi connectivity index (χ3v) is 6.38. The molecular weight excluding hydrogens is 496 g/mol. The molecule has 0 radical (unpaired) electrons. The minimum absolute atomic E-state index is 0.0899. The Bertz CT molecular complexity index is 1010. The minimum atomic E-state index is -1.07. The van der Waals surface area contributed by atoms with Crippen LogP contribution in [0.1, 0.15) is 81.0 Å². The maximum atomic E-state index is 12.2. The van der Waals surface area contributed by atoms with Gasteiger partial charge in [0.25, 0.3) is 0 Å². The lowest BCUT2D eigenvalue weighted by molar-refractivity contribution is -0.119. The highest BCUT2D eigenvalue weighted by Crippen LogP contribution is 2.30. The number of carboxylic acid groups (broad SMARTS) is 2. The highest BCUT2D eigenvalue weighted by molar-refractivity contribution is 5.93. The van der Waals surface area contributed by atoms with Crippen molar-refractivity contribution in [3.63, 3.8) is 0 Å². The molecule has 1 fully saturated rings. The number of ether oxygens (including phenoxy) is 4. The topological polar surface area (TPSA) is 146 Å². The van der Waals surface area contributed by atoms with Crippen LogP contribution in [0.4, 0.5) is 0 Å². The Morgan fingerprint density at radius 3 is 1.21 bits per heavy atom. The second-order valence-electron chi connectivity index (χ2n) is 9.26. The van der Waals surface area contributed by atoms with E-state index in [-0.39, 0.29) is 22.3 Å². The van der Waals surface area contributed by atoms with Gasteiger partial charge in [0, 0.05) is 0 Å². The van der Waals surface area contributed by atoms with Gasteiger partial charge in [-0.3, -0.25) is 0 Å². The van der Waals surface area contributed by atoms with Gasteiger partial charge in [0.2, 0.25) is 0 Å². The fourth-order valence-electron chi connectivity index (χ4n) is 4.11. The van der Waals surface area contributed by atoms with E-state index in [2.05, 4.69) is 0 Å². The number of carbonyl (C=O) groups is 4. The van der Waals surface area contributed by atoms with E-state index in [1.807, 2.05) is 0 Å². The summed E-state index contributed by atoms with van der Waals surface area (Å²) in [5, 5.41) is 17.9. The van der Waals surface area contributed by atoms with Crippen molar-refractivity contribution in [2.45, 2.75) is 52.1 Å². The summed E-state index contributed by atoms with van der Waals surface area (Å²) in [7, 11) is 0. The highest BCUT2D eigenvalue weighted by Gasteiger charge is 2.24. The summed E-state index contributed by atoms with van der Waals surface area (Å²) in [4.78, 5) is 46.3. The molecular formula is C28H32O10. The number of benzene rings is 2. The molecule has 2 unspecified atom stereocenters. The van der Waals surface area contributed by atoms with Gasteiger partial charge in [-0.25, -0.2) is 19.2 Å². The monoisotopic (exact) mass is 528 g/mol. The third kappa shape index (κ3) is 8.67. The average molecular weight is 529 g/mol. The van der Waals surface area contributed by atoms with Gasteiger partial charge in [-0.1, -0.05) is 0 Å². The number of aromatic carboxylic acids is 2. The van der Waals surface area contributed by atoms with Crippen molar-refractivity contribution < 1.29 is 48.3 Å². The zero-order valence-electron chi connectivity index (χ0n) is 21.3. The standard InChI is InChI=1S/C28H32O10/c1-17(37-27(33)23-11-7-21(8-12-23)25(29)30)35-15-19-3-5-20(6-4-19)16-36-18(2)38-28(34)24-13-9-22(10-14-24)26(31)32/h7-14,17-20H,3-6,15-16H2,1-2H3,(H,29,30)(H,31,32). The Hall–Kier alpha value is -3.76. The van der Waals surface area contributed by atoms with E-state index < -0.39 is 36.5 Å². The molecule has 10 nitrogen and oxygen atoms in total. The molecule has 2 N–H and O–H groups in total. The van der Waals surface area contributed by atoms with Crippen molar-refractivity contribution in [2.24, 2.45) is 11.8 Å². The lowest BCUT2D eigenvalue weighted by atomic mass is 9.83. The molecule has 38 heavy (non-hydrogen) atoms. The van der Waals surface area contributed by atoms with Gasteiger partial charge >= 0.3 is 23.9 Å². The van der Waals surface area contributed by atoms with Crippen LogP contribution in [0.25, 0.3) is 0 Å². The van der Waals surface area contributed by atoms with Crippen LogP contribution >= 0.6 is 0 Å². The molecule has 1 saturated carbocycles. The number of esters is 2. The molecule has 0 saturated heterocycles. The predicted octanol–water partition coefficient (Wildman–Crippen LogP) is 4.63. The zero-order chi connectivity index (χ0) is 27.7. The predicted molar refractivity (Wildman–Crippen MR) is 134 cm³/mol. The second-order valence-corrected chi connectivity index (χ2v) is 9.26. The van der Waals surface area contributed by atoms with E-state index in [9.17, 15) is 19.2 Å². The third-order valence-electron chi connectivity index (χ3n) is 6.38. The number of hydrogen-bond donors (Lipinski definition) is 2. The Morgan fingerprint density at radius 1 is 0.632 bits per heavy atom. The fourth-order valence-corrected chi connectivity index (χ4v) is 4.11. The molecule has 10 heteroatoms. The van der Waals surface area contributed by atoms with E-state index in [0.29, 0.717) is 25.0 Å². The lowest BCUT2D eigenvalue weighted by Gasteiger charge is -2.29. The molecule has 1 aliphatic carbocycles. The van der Waals surface area contributed by atoms with Crippen LogP contribution in [0.15, 0.2) is 48.5 Å². The van der Waals surface area contributed by atoms with Crippen molar-refractivity contribution in [2.75, 3.05) is 13.2 Å². The number of hydrogen-bond acceptors (Lipinski definition) is 8. The second kappa shape index (κ2) is 13.7. The van der Waals surface area contributed by atoms with E-state index in [4.69, 9.17) is 29.2 Å². The van der Waals surface area contributed by atoms with E-state index in [0.717, 1.165) is 25.7 Å². The van der Waals surface area contributed by atoms with Gasteiger partial charge in [0.15, 0.2) is 12.6 Å². The van der Waals surface area contributed by atoms with Crippen LogP contribution in [0.3, 0.4) is 0 Å². The van der Waals surface area contributed by atoms with Gasteiger partial charge in [0.1, 0.15) is 0 Å². The SMILES string of the molecule is CC(OCC1CCC(COC(C)OC(=O)c2ccc(C(=O)O)cc2)CC1)OC(=O)c1ccc(C(=O)O)cc1. The maximum absolute atomic E-state index is 12.2. The molecule has 0 aromatic heterocycles. The van der Waals surface area contributed by atoms with Crippen molar-refractivity contribution in [1.29, 1.82) is 0 Å². The van der Waals surface area contributed by atoms with Crippen molar-refractivity contribution in [1.82, 2.24) is 0 Å². The normalized spacial score (nSPS) is 18.7. The minimum Gasteiger partial charge on any atom is -0.478 e. The summed E-state index contributed by atoms with van der Waals surface area (Å²) in [5.41, 5.74) is 0.683.